The van der Waals surface area contributed by atoms with E-state index in [1.165, 1.54) is 0 Å². The minimum absolute atomic E-state index is 0.492. The van der Waals surface area contributed by atoms with E-state index >= 15 is 0 Å². The van der Waals surface area contributed by atoms with Gasteiger partial charge in [0.2, 0.25) is 0 Å². The lowest BCUT2D eigenvalue weighted by molar-refractivity contribution is 0.507. The van der Waals surface area contributed by atoms with E-state index in [-0.39, 0.29) is 0 Å². The zero-order valence-electron chi connectivity index (χ0n) is 7.21. The Morgan fingerprint density at radius 3 is 3.00 bits per heavy atom. The number of hydrogen-bond acceptors (Lipinski definition) is 2. The van der Waals surface area contributed by atoms with Gasteiger partial charge in [0, 0.05) is 20.1 Å². The molecule has 0 unspecified atom stereocenters. The van der Waals surface area contributed by atoms with E-state index in [0.717, 1.165) is 0 Å². The highest BCUT2D eigenvalue weighted by Gasteiger charge is 2.00. The van der Waals surface area contributed by atoms with Gasteiger partial charge in [0.1, 0.15) is 0 Å². The summed E-state index contributed by atoms with van der Waals surface area (Å²) in [6.45, 7) is 4.89. The molecular weight excluding hydrogens is 170 g/mol. The number of nitrogens with one attached hydrogen (secondary N) is 1. The van der Waals surface area contributed by atoms with Crippen molar-refractivity contribution >= 4 is 17.3 Å². The molecule has 0 heterocycles. The van der Waals surface area contributed by atoms with E-state index in [1.54, 1.807) is 6.08 Å². The summed E-state index contributed by atoms with van der Waals surface area (Å²) in [6.07, 6.45) is 2.23. The van der Waals surface area contributed by atoms with Gasteiger partial charge in [0.15, 0.2) is 5.11 Å². The van der Waals surface area contributed by atoms with E-state index in [1.807, 2.05) is 11.9 Å². The lowest BCUT2D eigenvalue weighted by Gasteiger charge is -2.18. The molecule has 0 saturated carbocycles. The van der Waals surface area contributed by atoms with Crippen molar-refractivity contribution in [3.63, 3.8) is 0 Å². The normalized spacial score (nSPS) is 8.33. The van der Waals surface area contributed by atoms with Gasteiger partial charge in [-0.2, -0.15) is 5.26 Å². The maximum absolute atomic E-state index is 8.32. The van der Waals surface area contributed by atoms with E-state index < -0.39 is 0 Å². The first-order valence-electron chi connectivity index (χ1n) is 3.69. The molecule has 0 bridgehead atoms. The van der Waals surface area contributed by atoms with Crippen LogP contribution in [0.3, 0.4) is 0 Å². The Hall–Kier alpha value is -1.08. The largest absolute Gasteiger partial charge is 0.359 e. The van der Waals surface area contributed by atoms with Crippen LogP contribution >= 0.6 is 12.2 Å². The van der Waals surface area contributed by atoms with Crippen molar-refractivity contribution in [3.8, 4) is 6.07 Å². The average molecular weight is 183 g/mol. The van der Waals surface area contributed by atoms with Crippen molar-refractivity contribution in [1.82, 2.24) is 10.2 Å². The molecule has 4 heteroatoms. The van der Waals surface area contributed by atoms with Crippen molar-refractivity contribution in [2.75, 3.05) is 20.1 Å². The van der Waals surface area contributed by atoms with Gasteiger partial charge in [-0.15, -0.1) is 6.58 Å². The van der Waals surface area contributed by atoms with E-state index in [0.29, 0.717) is 24.6 Å². The van der Waals surface area contributed by atoms with Gasteiger partial charge in [0.25, 0.3) is 0 Å². The molecular formula is C8H13N3S. The standard InChI is InChI=1S/C8H13N3S/c1-3-6-10-8(12)11(2)7-4-5-9/h3H,1,4,6-7H2,2H3,(H,10,12). The summed E-state index contributed by atoms with van der Waals surface area (Å²) >= 11 is 5.01. The molecule has 0 aliphatic rings. The van der Waals surface area contributed by atoms with E-state index in [9.17, 15) is 0 Å². The first kappa shape index (κ1) is 10.9. The molecule has 0 aliphatic carbocycles. The zero-order valence-corrected chi connectivity index (χ0v) is 8.02. The molecule has 0 rings (SSSR count). The van der Waals surface area contributed by atoms with Gasteiger partial charge in [-0.3, -0.25) is 0 Å². The van der Waals surface area contributed by atoms with Crippen molar-refractivity contribution in [2.45, 2.75) is 6.42 Å². The molecule has 1 N–H and O–H groups in total. The summed E-state index contributed by atoms with van der Waals surface area (Å²) < 4.78 is 0. The van der Waals surface area contributed by atoms with Crippen LogP contribution in [0.25, 0.3) is 0 Å². The molecule has 0 aromatic carbocycles. The summed E-state index contributed by atoms with van der Waals surface area (Å²) in [4.78, 5) is 1.84. The second-order valence-corrected chi connectivity index (χ2v) is 2.69. The van der Waals surface area contributed by atoms with Crippen LogP contribution in [0.15, 0.2) is 12.7 Å². The lowest BCUT2D eigenvalue weighted by Crippen LogP contribution is -2.37. The SMILES string of the molecule is C=CCNC(=S)N(C)CCC#N. The fourth-order valence-electron chi connectivity index (χ4n) is 0.614. The summed E-state index contributed by atoms with van der Waals surface area (Å²) in [5, 5.41) is 11.9. The third kappa shape index (κ3) is 4.69. The van der Waals surface area contributed by atoms with Crippen LogP contribution < -0.4 is 5.32 Å². The molecule has 0 aromatic heterocycles. The maximum atomic E-state index is 8.32. The molecule has 0 aromatic rings. The summed E-state index contributed by atoms with van der Waals surface area (Å²) in [7, 11) is 1.86. The van der Waals surface area contributed by atoms with Crippen molar-refractivity contribution in [2.24, 2.45) is 0 Å². The second kappa shape index (κ2) is 6.62. The fourth-order valence-corrected chi connectivity index (χ4v) is 0.788. The zero-order chi connectivity index (χ0) is 9.40. The fraction of sp³-hybridized carbons (Fsp3) is 0.500. The van der Waals surface area contributed by atoms with Crippen LogP contribution in [0.2, 0.25) is 0 Å². The van der Waals surface area contributed by atoms with E-state index in [2.05, 4.69) is 18.0 Å². The quantitative estimate of drug-likeness (QED) is 0.519. The molecule has 66 valence electrons. The average Bonchev–Trinajstić information content (AvgIpc) is 2.10. The van der Waals surface area contributed by atoms with Crippen LogP contribution in [0.1, 0.15) is 6.42 Å². The van der Waals surface area contributed by atoms with Crippen molar-refractivity contribution in [1.29, 1.82) is 5.26 Å². The van der Waals surface area contributed by atoms with Crippen LogP contribution in [0.5, 0.6) is 0 Å². The predicted octanol–water partition coefficient (Wildman–Crippen LogP) is 0.892. The maximum Gasteiger partial charge on any atom is 0.168 e. The van der Waals surface area contributed by atoms with Crippen LogP contribution in [-0.2, 0) is 0 Å². The molecule has 0 aliphatic heterocycles. The first-order chi connectivity index (χ1) is 5.72. The van der Waals surface area contributed by atoms with Crippen LogP contribution in [0, 0.1) is 11.3 Å². The number of rotatable bonds is 4. The Morgan fingerprint density at radius 1 is 1.83 bits per heavy atom. The summed E-state index contributed by atoms with van der Waals surface area (Å²) in [5.74, 6) is 0. The highest BCUT2D eigenvalue weighted by molar-refractivity contribution is 7.80. The smallest absolute Gasteiger partial charge is 0.168 e. The van der Waals surface area contributed by atoms with Crippen LogP contribution in [-0.4, -0.2) is 30.1 Å². The number of nitrogens with zero attached hydrogens (tertiary/aromatic N) is 2. The lowest BCUT2D eigenvalue weighted by atomic mass is 10.4. The minimum atomic E-state index is 0.492. The second-order valence-electron chi connectivity index (χ2n) is 2.30. The number of nitriles is 1. The molecule has 0 saturated heterocycles. The summed E-state index contributed by atoms with van der Waals surface area (Å²) in [5.41, 5.74) is 0. The molecule has 0 atom stereocenters. The Bertz CT molecular complexity index is 195. The minimum Gasteiger partial charge on any atom is -0.359 e. The Balaban J connectivity index is 3.62. The van der Waals surface area contributed by atoms with Gasteiger partial charge in [0.05, 0.1) is 12.5 Å². The predicted molar refractivity (Wildman–Crippen MR) is 53.7 cm³/mol. The van der Waals surface area contributed by atoms with Crippen LogP contribution in [0.4, 0.5) is 0 Å². The highest BCUT2D eigenvalue weighted by Crippen LogP contribution is 1.87. The topological polar surface area (TPSA) is 39.1 Å². The van der Waals surface area contributed by atoms with Gasteiger partial charge >= 0.3 is 0 Å². The third-order valence-electron chi connectivity index (χ3n) is 1.30. The molecule has 0 radical (unpaired) electrons. The first-order valence-corrected chi connectivity index (χ1v) is 4.10. The molecule has 12 heavy (non-hydrogen) atoms. The Morgan fingerprint density at radius 2 is 2.50 bits per heavy atom. The molecule has 0 fully saturated rings. The monoisotopic (exact) mass is 183 g/mol. The van der Waals surface area contributed by atoms with Gasteiger partial charge in [-0.05, 0) is 12.2 Å². The molecule has 0 spiro atoms. The van der Waals surface area contributed by atoms with Gasteiger partial charge in [-0.25, -0.2) is 0 Å². The summed E-state index contributed by atoms with van der Waals surface area (Å²) in [6, 6.07) is 2.06. The van der Waals surface area contributed by atoms with Crippen molar-refractivity contribution < 1.29 is 0 Å². The number of thiocarbonyl (C=S) groups is 1. The highest BCUT2D eigenvalue weighted by atomic mass is 32.1. The number of hydrogen-bond donors (Lipinski definition) is 1. The van der Waals surface area contributed by atoms with Gasteiger partial charge < -0.3 is 10.2 Å². The molecule has 3 nitrogen and oxygen atoms in total. The molecule has 0 amide bonds. The van der Waals surface area contributed by atoms with E-state index in [4.69, 9.17) is 17.5 Å². The van der Waals surface area contributed by atoms with Crippen molar-refractivity contribution in [3.05, 3.63) is 12.7 Å². The Kier molecular flexibility index (Phi) is 6.02. The third-order valence-corrected chi connectivity index (χ3v) is 1.76. The Labute approximate surface area is 78.7 Å². The van der Waals surface area contributed by atoms with Gasteiger partial charge in [-0.1, -0.05) is 6.08 Å².